The molecule has 0 bridgehead atoms. The Morgan fingerprint density at radius 3 is 2.25 bits per heavy atom. The third-order valence-corrected chi connectivity index (χ3v) is 3.68. The van der Waals surface area contributed by atoms with Crippen LogP contribution >= 0.6 is 0 Å². The summed E-state index contributed by atoms with van der Waals surface area (Å²) in [6.45, 7) is 3.20. The molecule has 3 aromatic rings. The number of para-hydroxylation sites is 2. The van der Waals surface area contributed by atoms with Gasteiger partial charge in [-0.1, -0.05) is 12.1 Å². The fourth-order valence-electron chi connectivity index (χ4n) is 2.42. The van der Waals surface area contributed by atoms with Crippen LogP contribution in [0.3, 0.4) is 0 Å². The molecule has 3 rings (SSSR count). The lowest BCUT2D eigenvalue weighted by Crippen LogP contribution is -2.10. The van der Waals surface area contributed by atoms with Gasteiger partial charge in [0.15, 0.2) is 23.0 Å². The summed E-state index contributed by atoms with van der Waals surface area (Å²) >= 11 is 0. The van der Waals surface area contributed by atoms with Crippen molar-refractivity contribution in [2.24, 2.45) is 5.10 Å². The molecule has 1 aromatic heterocycles. The van der Waals surface area contributed by atoms with E-state index in [1.165, 1.54) is 17.3 Å². The molecule has 0 atom stereocenters. The largest absolute Gasteiger partial charge is 0.493 e. The number of rotatable bonds is 10. The smallest absolute Gasteiger partial charge is 0.161 e. The van der Waals surface area contributed by atoms with Gasteiger partial charge in [-0.05, 0) is 42.8 Å². The van der Waals surface area contributed by atoms with Crippen LogP contribution in [0.15, 0.2) is 60.2 Å². The Hall–Kier alpha value is -3.55. The van der Waals surface area contributed by atoms with Crippen LogP contribution in [-0.4, -0.2) is 48.0 Å². The fourth-order valence-corrected chi connectivity index (χ4v) is 2.42. The van der Waals surface area contributed by atoms with E-state index in [1.54, 1.807) is 13.3 Å². The van der Waals surface area contributed by atoms with Gasteiger partial charge in [-0.3, -0.25) is 0 Å². The summed E-state index contributed by atoms with van der Waals surface area (Å²) in [5, 5.41) is 11.6. The molecule has 0 unspecified atom stereocenters. The van der Waals surface area contributed by atoms with Crippen molar-refractivity contribution < 1.29 is 18.9 Å². The highest BCUT2D eigenvalue weighted by molar-refractivity contribution is 5.80. The minimum Gasteiger partial charge on any atom is -0.493 e. The maximum absolute atomic E-state index is 5.83. The minimum absolute atomic E-state index is 0.367. The van der Waals surface area contributed by atoms with E-state index >= 15 is 0 Å². The first kappa shape index (κ1) is 19.2. The zero-order chi connectivity index (χ0) is 19.6. The summed E-state index contributed by atoms with van der Waals surface area (Å²) in [6.07, 6.45) is 4.72. The van der Waals surface area contributed by atoms with Crippen LogP contribution in [0.4, 0.5) is 0 Å². The van der Waals surface area contributed by atoms with Gasteiger partial charge in [-0.15, -0.1) is 10.2 Å². The molecule has 0 amide bonds. The maximum atomic E-state index is 5.83. The van der Waals surface area contributed by atoms with Crippen LogP contribution in [0.2, 0.25) is 0 Å². The standard InChI is InChI=1S/C20H22N4O4/c1-3-26-20-12-16(13-23-24-14-21-22-15-24)8-9-19(20)28-11-10-27-18-7-5-4-6-17(18)25-2/h4-9,12-15H,3,10-11H2,1-2H3/b23-13+. The zero-order valence-electron chi connectivity index (χ0n) is 15.8. The highest BCUT2D eigenvalue weighted by Crippen LogP contribution is 2.29. The number of methoxy groups -OCH3 is 1. The SMILES string of the molecule is CCOc1cc(/C=N/n2cnnc2)ccc1OCCOc1ccccc1OC. The third kappa shape index (κ3) is 5.23. The molecule has 0 spiro atoms. The molecule has 0 saturated carbocycles. The molecule has 28 heavy (non-hydrogen) atoms. The molecule has 8 nitrogen and oxygen atoms in total. The van der Waals surface area contributed by atoms with E-state index in [0.717, 1.165) is 5.56 Å². The molecule has 146 valence electrons. The quantitative estimate of drug-likeness (QED) is 0.396. The minimum atomic E-state index is 0.367. The summed E-state index contributed by atoms with van der Waals surface area (Å²) in [7, 11) is 1.61. The van der Waals surface area contributed by atoms with E-state index in [4.69, 9.17) is 18.9 Å². The monoisotopic (exact) mass is 382 g/mol. The topological polar surface area (TPSA) is 80.0 Å². The van der Waals surface area contributed by atoms with E-state index < -0.39 is 0 Å². The first-order chi connectivity index (χ1) is 13.8. The summed E-state index contributed by atoms with van der Waals surface area (Å²) in [5.74, 6) is 2.66. The molecule has 0 fully saturated rings. The number of nitrogens with zero attached hydrogens (tertiary/aromatic N) is 4. The zero-order valence-corrected chi connectivity index (χ0v) is 15.8. The molecule has 1 heterocycles. The summed E-state index contributed by atoms with van der Waals surface area (Å²) in [5.41, 5.74) is 0.870. The second kappa shape index (κ2) is 9.96. The highest BCUT2D eigenvalue weighted by atomic mass is 16.5. The molecule has 0 radical (unpaired) electrons. The van der Waals surface area contributed by atoms with Crippen molar-refractivity contribution in [3.63, 3.8) is 0 Å². The Morgan fingerprint density at radius 1 is 0.893 bits per heavy atom. The molecule has 0 N–H and O–H groups in total. The molecule has 0 aliphatic carbocycles. The van der Waals surface area contributed by atoms with E-state index in [1.807, 2.05) is 49.4 Å². The summed E-state index contributed by atoms with van der Waals surface area (Å²) < 4.78 is 24.0. The van der Waals surface area contributed by atoms with Gasteiger partial charge >= 0.3 is 0 Å². The van der Waals surface area contributed by atoms with Gasteiger partial charge in [0.25, 0.3) is 0 Å². The highest BCUT2D eigenvalue weighted by Gasteiger charge is 2.07. The second-order valence-corrected chi connectivity index (χ2v) is 5.57. The van der Waals surface area contributed by atoms with Crippen molar-refractivity contribution in [2.45, 2.75) is 6.92 Å². The predicted molar refractivity (Wildman–Crippen MR) is 105 cm³/mol. The van der Waals surface area contributed by atoms with Crippen LogP contribution in [0.25, 0.3) is 0 Å². The van der Waals surface area contributed by atoms with Gasteiger partial charge in [0.1, 0.15) is 25.9 Å². The fraction of sp³-hybridized carbons (Fsp3) is 0.250. The Balaban J connectivity index is 1.59. The average Bonchev–Trinajstić information content (AvgIpc) is 3.25. The van der Waals surface area contributed by atoms with Gasteiger partial charge in [0.2, 0.25) is 0 Å². The molecule has 0 aliphatic heterocycles. The molecular formula is C20H22N4O4. The Labute approximate surface area is 163 Å². The normalized spacial score (nSPS) is 10.8. The van der Waals surface area contributed by atoms with Gasteiger partial charge in [0, 0.05) is 0 Å². The van der Waals surface area contributed by atoms with Crippen LogP contribution in [0.5, 0.6) is 23.0 Å². The van der Waals surface area contributed by atoms with E-state index in [-0.39, 0.29) is 0 Å². The summed E-state index contributed by atoms with van der Waals surface area (Å²) in [4.78, 5) is 0. The van der Waals surface area contributed by atoms with Crippen molar-refractivity contribution in [2.75, 3.05) is 26.9 Å². The first-order valence-corrected chi connectivity index (χ1v) is 8.84. The van der Waals surface area contributed by atoms with Crippen molar-refractivity contribution in [3.8, 4) is 23.0 Å². The molecule has 8 heteroatoms. The predicted octanol–water partition coefficient (Wildman–Crippen LogP) is 3.03. The van der Waals surface area contributed by atoms with E-state index in [2.05, 4.69) is 15.3 Å². The van der Waals surface area contributed by atoms with Gasteiger partial charge in [-0.25, -0.2) is 4.68 Å². The second-order valence-electron chi connectivity index (χ2n) is 5.57. The molecule has 0 saturated heterocycles. The van der Waals surface area contributed by atoms with Crippen molar-refractivity contribution in [3.05, 3.63) is 60.7 Å². The van der Waals surface area contributed by atoms with Gasteiger partial charge < -0.3 is 18.9 Å². The van der Waals surface area contributed by atoms with Crippen LogP contribution in [0, 0.1) is 0 Å². The number of benzene rings is 2. The van der Waals surface area contributed by atoms with Gasteiger partial charge in [-0.2, -0.15) is 5.10 Å². The third-order valence-electron chi connectivity index (χ3n) is 3.68. The van der Waals surface area contributed by atoms with Gasteiger partial charge in [0.05, 0.1) is 19.9 Å². The Morgan fingerprint density at radius 2 is 1.57 bits per heavy atom. The molecule has 0 aliphatic rings. The first-order valence-electron chi connectivity index (χ1n) is 8.84. The van der Waals surface area contributed by atoms with E-state index in [0.29, 0.717) is 42.8 Å². The van der Waals surface area contributed by atoms with Crippen LogP contribution < -0.4 is 18.9 Å². The number of aromatic nitrogens is 3. The average molecular weight is 382 g/mol. The lowest BCUT2D eigenvalue weighted by atomic mass is 10.2. The van der Waals surface area contributed by atoms with Crippen molar-refractivity contribution in [1.29, 1.82) is 0 Å². The van der Waals surface area contributed by atoms with Crippen LogP contribution in [-0.2, 0) is 0 Å². The molecular weight excluding hydrogens is 360 g/mol. The maximum Gasteiger partial charge on any atom is 0.161 e. The van der Waals surface area contributed by atoms with Crippen molar-refractivity contribution >= 4 is 6.21 Å². The Kier molecular flexibility index (Phi) is 6.84. The number of hydrogen-bond acceptors (Lipinski definition) is 7. The van der Waals surface area contributed by atoms with Crippen molar-refractivity contribution in [1.82, 2.24) is 14.9 Å². The molecule has 2 aromatic carbocycles. The number of ether oxygens (including phenoxy) is 4. The summed E-state index contributed by atoms with van der Waals surface area (Å²) in [6, 6.07) is 13.1. The van der Waals surface area contributed by atoms with Crippen LogP contribution in [0.1, 0.15) is 12.5 Å². The lowest BCUT2D eigenvalue weighted by Gasteiger charge is -2.14. The number of hydrogen-bond donors (Lipinski definition) is 0. The van der Waals surface area contributed by atoms with E-state index in [9.17, 15) is 0 Å². The lowest BCUT2D eigenvalue weighted by molar-refractivity contribution is 0.203. The Bertz CT molecular complexity index is 897.